The average Bonchev–Trinajstić information content (AvgIpc) is 2.73. The Morgan fingerprint density at radius 1 is 1.04 bits per heavy atom. The van der Waals surface area contributed by atoms with Crippen LogP contribution in [0, 0.1) is 0 Å². The van der Waals surface area contributed by atoms with E-state index in [2.05, 4.69) is 5.32 Å². The zero-order chi connectivity index (χ0) is 20.1. The molecule has 0 atom stereocenters. The molecule has 0 spiro atoms. The summed E-state index contributed by atoms with van der Waals surface area (Å²) in [7, 11) is -3.66. The van der Waals surface area contributed by atoms with Crippen LogP contribution in [-0.2, 0) is 14.8 Å². The van der Waals surface area contributed by atoms with Gasteiger partial charge in [0.25, 0.3) is 0 Å². The van der Waals surface area contributed by atoms with E-state index in [1.807, 2.05) is 0 Å². The van der Waals surface area contributed by atoms with Gasteiger partial charge in [-0.3, -0.25) is 9.59 Å². The Balaban J connectivity index is 1.72. The van der Waals surface area contributed by atoms with Gasteiger partial charge in [-0.15, -0.1) is 0 Å². The molecule has 7 nitrogen and oxygen atoms in total. The Kier molecular flexibility index (Phi) is 6.23. The Morgan fingerprint density at radius 3 is 2.43 bits per heavy atom. The van der Waals surface area contributed by atoms with Gasteiger partial charge in [0.15, 0.2) is 11.6 Å². The highest BCUT2D eigenvalue weighted by Crippen LogP contribution is 2.19. The number of nitrogens with zero attached hydrogens (tertiary/aromatic N) is 1. The van der Waals surface area contributed by atoms with Crippen LogP contribution in [0.3, 0.4) is 0 Å². The molecule has 2 aromatic rings. The van der Waals surface area contributed by atoms with Gasteiger partial charge in [-0.25, -0.2) is 8.42 Å². The van der Waals surface area contributed by atoms with Gasteiger partial charge in [-0.2, -0.15) is 4.31 Å². The van der Waals surface area contributed by atoms with E-state index in [1.165, 1.54) is 23.4 Å². The van der Waals surface area contributed by atoms with Crippen LogP contribution in [0.1, 0.15) is 27.6 Å². The number of anilines is 1. The van der Waals surface area contributed by atoms with Gasteiger partial charge in [-0.1, -0.05) is 24.3 Å². The van der Waals surface area contributed by atoms with Crippen LogP contribution < -0.4 is 5.32 Å². The van der Waals surface area contributed by atoms with E-state index in [-0.39, 0.29) is 23.0 Å². The smallest absolute Gasteiger partial charge is 0.243 e. The molecule has 2 aromatic carbocycles. The number of benzene rings is 2. The molecule has 1 N–H and O–H groups in total. The molecule has 148 valence electrons. The van der Waals surface area contributed by atoms with Gasteiger partial charge in [0.1, 0.15) is 0 Å². The highest BCUT2D eigenvalue weighted by Gasteiger charge is 2.26. The number of morpholine rings is 1. The Morgan fingerprint density at radius 2 is 1.71 bits per heavy atom. The number of hydrogen-bond donors (Lipinski definition) is 1. The molecule has 0 bridgehead atoms. The van der Waals surface area contributed by atoms with E-state index < -0.39 is 10.0 Å². The van der Waals surface area contributed by atoms with Crippen molar-refractivity contribution in [2.75, 3.05) is 38.2 Å². The molecule has 3 rings (SSSR count). The van der Waals surface area contributed by atoms with E-state index in [1.54, 1.807) is 36.4 Å². The minimum Gasteiger partial charge on any atom is -0.379 e. The van der Waals surface area contributed by atoms with Crippen LogP contribution in [0.4, 0.5) is 5.69 Å². The highest BCUT2D eigenvalue weighted by atomic mass is 32.2. The summed E-state index contributed by atoms with van der Waals surface area (Å²) in [6.07, 6.45) is 0. The van der Waals surface area contributed by atoms with Crippen molar-refractivity contribution < 1.29 is 22.7 Å². The maximum absolute atomic E-state index is 12.8. The molecule has 8 heteroatoms. The van der Waals surface area contributed by atoms with Gasteiger partial charge in [-0.05, 0) is 31.2 Å². The van der Waals surface area contributed by atoms with Gasteiger partial charge in [0, 0.05) is 29.9 Å². The minimum atomic E-state index is -3.66. The number of ketones is 2. The SMILES string of the molecule is CC(=O)c1cccc(NCC(=O)c2cccc(S(=O)(=O)N3CCOCC3)c2)c1. The Bertz CT molecular complexity index is 982. The molecular weight excluding hydrogens is 380 g/mol. The van der Waals surface area contributed by atoms with E-state index in [0.29, 0.717) is 43.1 Å². The first-order chi connectivity index (χ1) is 13.4. The number of hydrogen-bond acceptors (Lipinski definition) is 6. The first-order valence-corrected chi connectivity index (χ1v) is 10.4. The molecule has 1 aliphatic rings. The van der Waals surface area contributed by atoms with Gasteiger partial charge >= 0.3 is 0 Å². The second-order valence-electron chi connectivity index (χ2n) is 6.46. The number of carbonyl (C=O) groups excluding carboxylic acids is 2. The number of rotatable bonds is 7. The molecule has 0 aromatic heterocycles. The molecule has 0 saturated carbocycles. The Hall–Kier alpha value is -2.55. The average molecular weight is 402 g/mol. The van der Waals surface area contributed by atoms with Gasteiger partial charge in [0.05, 0.1) is 24.7 Å². The quantitative estimate of drug-likeness (QED) is 0.714. The lowest BCUT2D eigenvalue weighted by molar-refractivity contribution is 0.0730. The molecule has 1 heterocycles. The topological polar surface area (TPSA) is 92.8 Å². The summed E-state index contributed by atoms with van der Waals surface area (Å²) >= 11 is 0. The summed E-state index contributed by atoms with van der Waals surface area (Å²) in [4.78, 5) is 24.1. The van der Waals surface area contributed by atoms with Crippen molar-refractivity contribution in [2.45, 2.75) is 11.8 Å². The fourth-order valence-electron chi connectivity index (χ4n) is 2.90. The van der Waals surface area contributed by atoms with Crippen molar-refractivity contribution in [3.8, 4) is 0 Å². The lowest BCUT2D eigenvalue weighted by Crippen LogP contribution is -2.40. The van der Waals surface area contributed by atoms with Crippen molar-refractivity contribution >= 4 is 27.3 Å². The van der Waals surface area contributed by atoms with Crippen LogP contribution >= 0.6 is 0 Å². The summed E-state index contributed by atoms with van der Waals surface area (Å²) in [5.41, 5.74) is 1.51. The van der Waals surface area contributed by atoms with E-state index >= 15 is 0 Å². The van der Waals surface area contributed by atoms with Crippen LogP contribution in [0.25, 0.3) is 0 Å². The molecule has 0 amide bonds. The summed E-state index contributed by atoms with van der Waals surface area (Å²) in [6.45, 7) is 2.79. The molecule has 0 aliphatic carbocycles. The predicted molar refractivity (Wildman–Crippen MR) is 105 cm³/mol. The monoisotopic (exact) mass is 402 g/mol. The molecule has 28 heavy (non-hydrogen) atoms. The lowest BCUT2D eigenvalue weighted by Gasteiger charge is -2.26. The number of Topliss-reactive ketones (excluding diaryl/α,β-unsaturated/α-hetero) is 2. The maximum Gasteiger partial charge on any atom is 0.243 e. The first-order valence-electron chi connectivity index (χ1n) is 8.94. The molecule has 1 aliphatic heterocycles. The van der Waals surface area contributed by atoms with E-state index in [9.17, 15) is 18.0 Å². The van der Waals surface area contributed by atoms with E-state index in [4.69, 9.17) is 4.74 Å². The summed E-state index contributed by atoms with van der Waals surface area (Å²) in [5, 5.41) is 2.98. The van der Waals surface area contributed by atoms with E-state index in [0.717, 1.165) is 0 Å². The Labute approximate surface area is 164 Å². The largest absolute Gasteiger partial charge is 0.379 e. The van der Waals surface area contributed by atoms with Crippen LogP contribution in [0.2, 0.25) is 0 Å². The highest BCUT2D eigenvalue weighted by molar-refractivity contribution is 7.89. The fourth-order valence-corrected chi connectivity index (χ4v) is 4.35. The molecule has 1 saturated heterocycles. The van der Waals surface area contributed by atoms with Crippen molar-refractivity contribution in [1.82, 2.24) is 4.31 Å². The number of ether oxygens (including phenoxy) is 1. The standard InChI is InChI=1S/C20H22N2O5S/c1-15(23)16-4-2-6-18(12-16)21-14-20(24)17-5-3-7-19(13-17)28(25,26)22-8-10-27-11-9-22/h2-7,12-13,21H,8-11,14H2,1H3. The van der Waals surface area contributed by atoms with Crippen molar-refractivity contribution in [3.63, 3.8) is 0 Å². The first kappa shape index (κ1) is 20.2. The third-order valence-electron chi connectivity index (χ3n) is 4.49. The molecule has 0 unspecified atom stereocenters. The third kappa shape index (κ3) is 4.64. The molecule has 1 fully saturated rings. The second kappa shape index (κ2) is 8.64. The zero-order valence-electron chi connectivity index (χ0n) is 15.6. The number of carbonyl (C=O) groups is 2. The maximum atomic E-state index is 12.8. The molecular formula is C20H22N2O5S. The summed E-state index contributed by atoms with van der Waals surface area (Å²) in [6, 6.07) is 12.9. The third-order valence-corrected chi connectivity index (χ3v) is 6.38. The van der Waals surface area contributed by atoms with Crippen molar-refractivity contribution in [3.05, 3.63) is 59.7 Å². The van der Waals surface area contributed by atoms with Crippen LogP contribution in [0.5, 0.6) is 0 Å². The minimum absolute atomic E-state index is 0.0115. The number of sulfonamides is 1. The van der Waals surface area contributed by atoms with Crippen molar-refractivity contribution in [2.24, 2.45) is 0 Å². The summed E-state index contributed by atoms with van der Waals surface area (Å²) < 4.78 is 32.1. The van der Waals surface area contributed by atoms with Crippen LogP contribution in [-0.4, -0.2) is 57.1 Å². The van der Waals surface area contributed by atoms with Crippen LogP contribution in [0.15, 0.2) is 53.4 Å². The number of nitrogens with one attached hydrogen (secondary N) is 1. The van der Waals surface area contributed by atoms with Crippen molar-refractivity contribution in [1.29, 1.82) is 0 Å². The zero-order valence-corrected chi connectivity index (χ0v) is 16.4. The normalized spacial score (nSPS) is 15.2. The lowest BCUT2D eigenvalue weighted by atomic mass is 10.1. The second-order valence-corrected chi connectivity index (χ2v) is 8.40. The predicted octanol–water partition coefficient (Wildman–Crippen LogP) is 2.20. The molecule has 0 radical (unpaired) electrons. The summed E-state index contributed by atoms with van der Waals surface area (Å²) in [5.74, 6) is -0.303. The fraction of sp³-hybridized carbons (Fsp3) is 0.300. The van der Waals surface area contributed by atoms with Gasteiger partial charge in [0.2, 0.25) is 10.0 Å². The van der Waals surface area contributed by atoms with Gasteiger partial charge < -0.3 is 10.1 Å².